The molecule has 1 aliphatic rings. The van der Waals surface area contributed by atoms with Crippen LogP contribution in [0.1, 0.15) is 31.9 Å². The lowest BCUT2D eigenvalue weighted by Gasteiger charge is -2.28. The molecule has 1 aromatic rings. The fourth-order valence-electron chi connectivity index (χ4n) is 2.39. The van der Waals surface area contributed by atoms with Crippen molar-refractivity contribution in [1.29, 1.82) is 0 Å². The Balaban J connectivity index is 2.11. The number of nitrogens with zero attached hydrogens (tertiary/aromatic N) is 1. The molecule has 0 saturated heterocycles. The van der Waals surface area contributed by atoms with Crippen LogP contribution in [-0.4, -0.2) is 29.7 Å². The summed E-state index contributed by atoms with van der Waals surface area (Å²) in [4.78, 5) is 13.8. The van der Waals surface area contributed by atoms with Gasteiger partial charge in [0.2, 0.25) is 0 Å². The summed E-state index contributed by atoms with van der Waals surface area (Å²) in [6.07, 6.45) is 1.30. The molecule has 2 rings (SSSR count). The van der Waals surface area contributed by atoms with Crippen LogP contribution in [0.2, 0.25) is 5.02 Å². The molecule has 3 nitrogen and oxygen atoms in total. The first kappa shape index (κ1) is 15.6. The third-order valence-corrected chi connectivity index (χ3v) is 4.17. The molecule has 1 unspecified atom stereocenters. The van der Waals surface area contributed by atoms with Crippen molar-refractivity contribution in [1.82, 2.24) is 4.90 Å². The molecule has 1 amide bonds. The molecule has 0 aromatic heterocycles. The average molecular weight is 361 g/mol. The topological polar surface area (TPSA) is 29.5 Å². The van der Waals surface area contributed by atoms with Gasteiger partial charge < -0.3 is 9.64 Å². The molecule has 0 bridgehead atoms. The predicted octanol–water partition coefficient (Wildman–Crippen LogP) is 4.44. The molecule has 20 heavy (non-hydrogen) atoms. The molecule has 0 saturated carbocycles. The minimum Gasteiger partial charge on any atom is -0.444 e. The maximum atomic E-state index is 12.1. The van der Waals surface area contributed by atoms with Crippen LogP contribution in [0.25, 0.3) is 0 Å². The summed E-state index contributed by atoms with van der Waals surface area (Å²) < 4.78 is 6.38. The Morgan fingerprint density at radius 2 is 2.05 bits per heavy atom. The highest BCUT2D eigenvalue weighted by Gasteiger charge is 2.31. The van der Waals surface area contributed by atoms with Crippen LogP contribution in [0, 0.1) is 0 Å². The summed E-state index contributed by atoms with van der Waals surface area (Å²) in [5.74, 6) is 0. The van der Waals surface area contributed by atoms with Gasteiger partial charge in [-0.3, -0.25) is 0 Å². The van der Waals surface area contributed by atoms with E-state index in [4.69, 9.17) is 16.3 Å². The highest BCUT2D eigenvalue weighted by Crippen LogP contribution is 2.34. The minimum absolute atomic E-state index is 0.103. The van der Waals surface area contributed by atoms with Gasteiger partial charge in [0.1, 0.15) is 5.60 Å². The molecule has 0 N–H and O–H groups in total. The van der Waals surface area contributed by atoms with Crippen LogP contribution in [0.3, 0.4) is 0 Å². The molecule has 5 heteroatoms. The van der Waals surface area contributed by atoms with Crippen molar-refractivity contribution in [3.8, 4) is 0 Å². The number of halogens is 2. The third-order valence-electron chi connectivity index (χ3n) is 3.38. The maximum Gasteiger partial charge on any atom is 0.410 e. The van der Waals surface area contributed by atoms with Crippen molar-refractivity contribution in [3.63, 3.8) is 0 Å². The molecular weight excluding hydrogens is 342 g/mol. The zero-order chi connectivity index (χ0) is 15.1. The van der Waals surface area contributed by atoms with Gasteiger partial charge in [0, 0.05) is 22.6 Å². The summed E-state index contributed by atoms with van der Waals surface area (Å²) in [7, 11) is 1.79. The van der Waals surface area contributed by atoms with Crippen molar-refractivity contribution in [2.75, 3.05) is 7.05 Å². The van der Waals surface area contributed by atoms with E-state index in [2.05, 4.69) is 22.0 Å². The van der Waals surface area contributed by atoms with Crippen LogP contribution in [0.15, 0.2) is 16.6 Å². The Morgan fingerprint density at radius 1 is 1.40 bits per heavy atom. The van der Waals surface area contributed by atoms with Gasteiger partial charge in [-0.05, 0) is 56.9 Å². The Kier molecular flexibility index (Phi) is 4.35. The zero-order valence-electron chi connectivity index (χ0n) is 12.2. The molecule has 0 fully saturated rings. The molecule has 1 aromatic carbocycles. The lowest BCUT2D eigenvalue weighted by atomic mass is 10.1. The van der Waals surface area contributed by atoms with Crippen LogP contribution in [-0.2, 0) is 17.6 Å². The Hall–Kier alpha value is -0.740. The number of fused-ring (bicyclic) bond motifs is 1. The van der Waals surface area contributed by atoms with Crippen LogP contribution in [0.5, 0.6) is 0 Å². The zero-order valence-corrected chi connectivity index (χ0v) is 14.5. The summed E-state index contributed by atoms with van der Waals surface area (Å²) in [5.41, 5.74) is 1.86. The molecule has 0 aliphatic heterocycles. The number of benzene rings is 1. The number of carbonyl (C=O) groups is 1. The van der Waals surface area contributed by atoms with Gasteiger partial charge in [-0.2, -0.15) is 0 Å². The standard InChI is InChI=1S/C15H19BrClNO2/c1-15(2,3)20-14(19)18(4)11-6-9-5-10(16)7-13(17)12(9)8-11/h5,7,11H,6,8H2,1-4H3. The molecular formula is C15H19BrClNO2. The second-order valence-electron chi connectivity index (χ2n) is 6.18. The number of carbonyl (C=O) groups excluding carboxylic acids is 1. The maximum absolute atomic E-state index is 12.1. The number of amides is 1. The van der Waals surface area contributed by atoms with Gasteiger partial charge in [-0.15, -0.1) is 0 Å². The fourth-order valence-corrected chi connectivity index (χ4v) is 3.34. The monoisotopic (exact) mass is 359 g/mol. The number of hydrogen-bond donors (Lipinski definition) is 0. The quantitative estimate of drug-likeness (QED) is 0.741. The van der Waals surface area contributed by atoms with E-state index in [0.29, 0.717) is 0 Å². The lowest BCUT2D eigenvalue weighted by Crippen LogP contribution is -2.41. The highest BCUT2D eigenvalue weighted by molar-refractivity contribution is 9.10. The van der Waals surface area contributed by atoms with Gasteiger partial charge in [0.15, 0.2) is 0 Å². The van der Waals surface area contributed by atoms with E-state index in [9.17, 15) is 4.79 Å². The number of hydrogen-bond acceptors (Lipinski definition) is 2. The summed E-state index contributed by atoms with van der Waals surface area (Å²) in [6.45, 7) is 5.61. The van der Waals surface area contributed by atoms with Crippen molar-refractivity contribution < 1.29 is 9.53 Å². The first-order valence-electron chi connectivity index (χ1n) is 6.60. The van der Waals surface area contributed by atoms with E-state index in [1.54, 1.807) is 11.9 Å². The Labute approximate surface area is 133 Å². The van der Waals surface area contributed by atoms with Crippen LogP contribution < -0.4 is 0 Å². The average Bonchev–Trinajstić information content (AvgIpc) is 2.69. The smallest absolute Gasteiger partial charge is 0.410 e. The van der Waals surface area contributed by atoms with Crippen molar-refractivity contribution in [3.05, 3.63) is 32.8 Å². The second kappa shape index (κ2) is 5.57. The van der Waals surface area contributed by atoms with Crippen molar-refractivity contribution >= 4 is 33.6 Å². The first-order valence-corrected chi connectivity index (χ1v) is 7.77. The Bertz CT molecular complexity index is 539. The highest BCUT2D eigenvalue weighted by atomic mass is 79.9. The van der Waals surface area contributed by atoms with E-state index < -0.39 is 5.60 Å². The lowest BCUT2D eigenvalue weighted by molar-refractivity contribution is 0.0229. The molecule has 110 valence electrons. The van der Waals surface area contributed by atoms with Crippen LogP contribution in [0.4, 0.5) is 4.79 Å². The molecule has 1 aliphatic carbocycles. The van der Waals surface area contributed by atoms with Gasteiger partial charge >= 0.3 is 6.09 Å². The third kappa shape index (κ3) is 3.47. The molecule has 1 atom stereocenters. The van der Waals surface area contributed by atoms with E-state index in [1.165, 1.54) is 5.56 Å². The number of rotatable bonds is 1. The van der Waals surface area contributed by atoms with E-state index >= 15 is 0 Å². The Morgan fingerprint density at radius 3 is 2.65 bits per heavy atom. The largest absolute Gasteiger partial charge is 0.444 e. The van der Waals surface area contributed by atoms with Crippen molar-refractivity contribution in [2.24, 2.45) is 0 Å². The number of ether oxygens (including phenoxy) is 1. The fraction of sp³-hybridized carbons (Fsp3) is 0.533. The molecule has 0 radical (unpaired) electrons. The normalized spacial score (nSPS) is 17.8. The van der Waals surface area contributed by atoms with Crippen LogP contribution >= 0.6 is 27.5 Å². The summed E-state index contributed by atoms with van der Waals surface area (Å²) in [6, 6.07) is 4.08. The predicted molar refractivity (Wildman–Crippen MR) is 84.3 cm³/mol. The summed E-state index contributed by atoms with van der Waals surface area (Å²) in [5, 5.41) is 0.759. The van der Waals surface area contributed by atoms with Gasteiger partial charge in [-0.1, -0.05) is 27.5 Å². The van der Waals surface area contributed by atoms with E-state index in [-0.39, 0.29) is 12.1 Å². The SMILES string of the molecule is CN(C(=O)OC(C)(C)C)C1Cc2cc(Br)cc(Cl)c2C1. The minimum atomic E-state index is -0.475. The van der Waals surface area contributed by atoms with E-state index in [0.717, 1.165) is 27.9 Å². The van der Waals surface area contributed by atoms with E-state index in [1.807, 2.05) is 26.8 Å². The first-order chi connectivity index (χ1) is 9.17. The number of likely N-dealkylation sites (N-methyl/N-ethyl adjacent to an activating group) is 1. The van der Waals surface area contributed by atoms with Crippen molar-refractivity contribution in [2.45, 2.75) is 45.3 Å². The van der Waals surface area contributed by atoms with Gasteiger partial charge in [0.25, 0.3) is 0 Å². The van der Waals surface area contributed by atoms with Gasteiger partial charge in [0.05, 0.1) is 0 Å². The van der Waals surface area contributed by atoms with Gasteiger partial charge in [-0.25, -0.2) is 4.79 Å². The molecule has 0 spiro atoms. The second-order valence-corrected chi connectivity index (χ2v) is 7.50. The summed E-state index contributed by atoms with van der Waals surface area (Å²) >= 11 is 9.72. The molecule has 0 heterocycles.